The van der Waals surface area contributed by atoms with Gasteiger partial charge in [0.25, 0.3) is 0 Å². The minimum absolute atomic E-state index is 0.0656. The summed E-state index contributed by atoms with van der Waals surface area (Å²) in [6.07, 6.45) is 0. The van der Waals surface area contributed by atoms with Gasteiger partial charge >= 0.3 is 0 Å². The van der Waals surface area contributed by atoms with Crippen LogP contribution in [0.5, 0.6) is 5.75 Å². The Morgan fingerprint density at radius 1 is 1.40 bits per heavy atom. The zero-order chi connectivity index (χ0) is 17.6. The Morgan fingerprint density at radius 3 is 3.04 bits per heavy atom. The fraction of sp³-hybridized carbons (Fsp3) is 0.250. The summed E-state index contributed by atoms with van der Waals surface area (Å²) in [5.41, 5.74) is 1.81. The van der Waals surface area contributed by atoms with Gasteiger partial charge in [0.1, 0.15) is 11.4 Å². The van der Waals surface area contributed by atoms with Crippen molar-refractivity contribution in [2.24, 2.45) is 0 Å². The second kappa shape index (κ2) is 8.13. The SMILES string of the molecule is COc1ccc(C)cc1-n1nnnc1SCC(=O)NCc1cccs1. The Morgan fingerprint density at radius 2 is 2.28 bits per heavy atom. The highest BCUT2D eigenvalue weighted by molar-refractivity contribution is 7.99. The third kappa shape index (κ3) is 4.37. The number of hydrogen-bond donors (Lipinski definition) is 1. The number of thiophene rings is 1. The van der Waals surface area contributed by atoms with Crippen molar-refractivity contribution >= 4 is 29.0 Å². The van der Waals surface area contributed by atoms with Crippen LogP contribution in [-0.2, 0) is 11.3 Å². The summed E-state index contributed by atoms with van der Waals surface area (Å²) >= 11 is 2.90. The van der Waals surface area contributed by atoms with Crippen molar-refractivity contribution in [1.29, 1.82) is 0 Å². The summed E-state index contributed by atoms with van der Waals surface area (Å²) in [5.74, 6) is 0.839. The predicted octanol–water partition coefficient (Wildman–Crippen LogP) is 2.45. The van der Waals surface area contributed by atoms with Crippen LogP contribution in [0.15, 0.2) is 40.9 Å². The molecule has 0 saturated carbocycles. The van der Waals surface area contributed by atoms with E-state index in [4.69, 9.17) is 4.74 Å². The molecule has 130 valence electrons. The Labute approximate surface area is 153 Å². The fourth-order valence-corrected chi connectivity index (χ4v) is 3.52. The van der Waals surface area contributed by atoms with Crippen LogP contribution < -0.4 is 10.1 Å². The number of carbonyl (C=O) groups is 1. The number of aryl methyl sites for hydroxylation is 1. The number of nitrogens with zero attached hydrogens (tertiary/aromatic N) is 4. The van der Waals surface area contributed by atoms with Gasteiger partial charge in [0.05, 0.1) is 19.4 Å². The second-order valence-corrected chi connectivity index (χ2v) is 7.17. The molecular formula is C16H17N5O2S2. The predicted molar refractivity (Wildman–Crippen MR) is 97.3 cm³/mol. The van der Waals surface area contributed by atoms with E-state index in [0.29, 0.717) is 17.5 Å². The van der Waals surface area contributed by atoms with E-state index in [0.717, 1.165) is 16.1 Å². The molecule has 0 atom stereocenters. The van der Waals surface area contributed by atoms with Crippen LogP contribution in [0.1, 0.15) is 10.4 Å². The number of methoxy groups -OCH3 is 1. The fourth-order valence-electron chi connectivity index (χ4n) is 2.17. The van der Waals surface area contributed by atoms with Crippen LogP contribution in [0.3, 0.4) is 0 Å². The summed E-state index contributed by atoms with van der Waals surface area (Å²) in [7, 11) is 1.60. The van der Waals surface area contributed by atoms with E-state index in [9.17, 15) is 4.79 Å². The number of tetrazole rings is 1. The summed E-state index contributed by atoms with van der Waals surface area (Å²) in [6.45, 7) is 2.52. The van der Waals surface area contributed by atoms with Crippen LogP contribution in [0, 0.1) is 6.92 Å². The van der Waals surface area contributed by atoms with Gasteiger partial charge < -0.3 is 10.1 Å². The maximum atomic E-state index is 12.0. The number of ether oxygens (including phenoxy) is 1. The first-order valence-electron chi connectivity index (χ1n) is 7.52. The first-order valence-corrected chi connectivity index (χ1v) is 9.39. The number of amides is 1. The molecule has 0 radical (unpaired) electrons. The smallest absolute Gasteiger partial charge is 0.230 e. The van der Waals surface area contributed by atoms with E-state index >= 15 is 0 Å². The topological polar surface area (TPSA) is 81.9 Å². The largest absolute Gasteiger partial charge is 0.494 e. The molecule has 0 fully saturated rings. The Balaban J connectivity index is 1.66. The number of thioether (sulfide) groups is 1. The van der Waals surface area contributed by atoms with Crippen LogP contribution >= 0.6 is 23.1 Å². The number of benzene rings is 1. The molecule has 3 rings (SSSR count). The molecule has 0 unspecified atom stereocenters. The number of hydrogen-bond acceptors (Lipinski definition) is 7. The Hall–Kier alpha value is -2.39. The lowest BCUT2D eigenvalue weighted by Crippen LogP contribution is -2.24. The molecule has 3 aromatic rings. The van der Waals surface area contributed by atoms with Gasteiger partial charge in [0, 0.05) is 4.88 Å². The molecule has 25 heavy (non-hydrogen) atoms. The van der Waals surface area contributed by atoms with E-state index in [2.05, 4.69) is 20.8 Å². The number of carbonyl (C=O) groups excluding carboxylic acids is 1. The summed E-state index contributed by atoms with van der Waals surface area (Å²) in [4.78, 5) is 13.1. The molecule has 0 spiro atoms. The van der Waals surface area contributed by atoms with Gasteiger partial charge in [0.15, 0.2) is 0 Å². The molecular weight excluding hydrogens is 358 g/mol. The number of rotatable bonds is 7. The van der Waals surface area contributed by atoms with Gasteiger partial charge in [-0.05, 0) is 46.5 Å². The van der Waals surface area contributed by atoms with E-state index in [1.165, 1.54) is 11.8 Å². The van der Waals surface area contributed by atoms with Crippen molar-refractivity contribution in [3.63, 3.8) is 0 Å². The molecule has 0 aliphatic carbocycles. The van der Waals surface area contributed by atoms with E-state index in [1.807, 2.05) is 42.6 Å². The van der Waals surface area contributed by atoms with E-state index in [-0.39, 0.29) is 11.7 Å². The second-order valence-electron chi connectivity index (χ2n) is 5.19. The maximum absolute atomic E-state index is 12.0. The molecule has 2 heterocycles. The van der Waals surface area contributed by atoms with Gasteiger partial charge in [-0.25, -0.2) is 0 Å². The highest BCUT2D eigenvalue weighted by Gasteiger charge is 2.15. The lowest BCUT2D eigenvalue weighted by atomic mass is 10.2. The standard InChI is InChI=1S/C16H17N5O2S2/c1-11-5-6-14(23-2)13(8-11)21-16(18-19-20-21)25-10-15(22)17-9-12-4-3-7-24-12/h3-8H,9-10H2,1-2H3,(H,17,22). The molecule has 0 aliphatic rings. The zero-order valence-electron chi connectivity index (χ0n) is 13.8. The average molecular weight is 375 g/mol. The van der Waals surface area contributed by atoms with E-state index in [1.54, 1.807) is 23.1 Å². The first kappa shape index (κ1) is 17.4. The van der Waals surface area contributed by atoms with Gasteiger partial charge in [-0.15, -0.1) is 16.4 Å². The molecule has 0 saturated heterocycles. The van der Waals surface area contributed by atoms with Crippen molar-refractivity contribution in [2.45, 2.75) is 18.6 Å². The molecule has 2 aromatic heterocycles. The molecule has 0 bridgehead atoms. The lowest BCUT2D eigenvalue weighted by Gasteiger charge is -2.10. The molecule has 0 aliphatic heterocycles. The minimum Gasteiger partial charge on any atom is -0.494 e. The Kier molecular flexibility index (Phi) is 5.67. The van der Waals surface area contributed by atoms with Crippen molar-refractivity contribution in [1.82, 2.24) is 25.5 Å². The highest BCUT2D eigenvalue weighted by atomic mass is 32.2. The number of nitrogens with one attached hydrogen (secondary N) is 1. The van der Waals surface area contributed by atoms with Crippen LogP contribution in [0.4, 0.5) is 0 Å². The zero-order valence-corrected chi connectivity index (χ0v) is 15.4. The van der Waals surface area contributed by atoms with Crippen molar-refractivity contribution in [3.8, 4) is 11.4 Å². The highest BCUT2D eigenvalue weighted by Crippen LogP contribution is 2.26. The van der Waals surface area contributed by atoms with Gasteiger partial charge in [0.2, 0.25) is 11.1 Å². The summed E-state index contributed by atoms with van der Waals surface area (Å²) in [5, 5.41) is 17.2. The van der Waals surface area contributed by atoms with Gasteiger partial charge in [-0.2, -0.15) is 4.68 Å². The van der Waals surface area contributed by atoms with Crippen molar-refractivity contribution < 1.29 is 9.53 Å². The molecule has 9 heteroatoms. The third-order valence-electron chi connectivity index (χ3n) is 3.38. The average Bonchev–Trinajstić information content (AvgIpc) is 3.29. The maximum Gasteiger partial charge on any atom is 0.230 e. The lowest BCUT2D eigenvalue weighted by molar-refractivity contribution is -0.118. The monoisotopic (exact) mass is 375 g/mol. The van der Waals surface area contributed by atoms with Crippen LogP contribution in [0.2, 0.25) is 0 Å². The number of aromatic nitrogens is 4. The normalized spacial score (nSPS) is 10.6. The summed E-state index contributed by atoms with van der Waals surface area (Å²) in [6, 6.07) is 9.72. The molecule has 1 amide bonds. The summed E-state index contributed by atoms with van der Waals surface area (Å²) < 4.78 is 6.97. The quantitative estimate of drug-likeness (QED) is 0.639. The molecule has 1 aromatic carbocycles. The Bertz CT molecular complexity index is 848. The third-order valence-corrected chi connectivity index (χ3v) is 5.17. The van der Waals surface area contributed by atoms with Crippen molar-refractivity contribution in [2.75, 3.05) is 12.9 Å². The molecule has 7 nitrogen and oxygen atoms in total. The first-order chi connectivity index (χ1) is 12.2. The van der Waals surface area contributed by atoms with Gasteiger partial charge in [-0.3, -0.25) is 4.79 Å². The van der Waals surface area contributed by atoms with Crippen molar-refractivity contribution in [3.05, 3.63) is 46.2 Å². The van der Waals surface area contributed by atoms with Crippen LogP contribution in [-0.4, -0.2) is 39.0 Å². The minimum atomic E-state index is -0.0656. The van der Waals surface area contributed by atoms with Crippen LogP contribution in [0.25, 0.3) is 5.69 Å². The molecule has 1 N–H and O–H groups in total. The van der Waals surface area contributed by atoms with Gasteiger partial charge in [-0.1, -0.05) is 23.9 Å². The van der Waals surface area contributed by atoms with E-state index < -0.39 is 0 Å².